The molecule has 0 amide bonds. The van der Waals surface area contributed by atoms with Crippen molar-refractivity contribution in [2.24, 2.45) is 4.99 Å². The molecule has 1 rings (SSSR count). The number of hydrogen-bond donors (Lipinski definition) is 0. The van der Waals surface area contributed by atoms with E-state index < -0.39 is 0 Å². The van der Waals surface area contributed by atoms with Crippen LogP contribution in [0.3, 0.4) is 0 Å². The quantitative estimate of drug-likeness (QED) is 0.546. The van der Waals surface area contributed by atoms with Gasteiger partial charge in [-0.15, -0.1) is 5.92 Å². The molecule has 1 heterocycles. The lowest BCUT2D eigenvalue weighted by atomic mass is 10.0. The first kappa shape index (κ1) is 14.1. The number of rotatable bonds is 3. The summed E-state index contributed by atoms with van der Waals surface area (Å²) in [6.45, 7) is 11.8. The van der Waals surface area contributed by atoms with Gasteiger partial charge in [0.05, 0.1) is 11.8 Å². The average Bonchev–Trinajstić information content (AvgIpc) is 2.55. The van der Waals surface area contributed by atoms with Gasteiger partial charge < -0.3 is 4.90 Å². The molecule has 0 saturated heterocycles. The maximum absolute atomic E-state index is 4.53. The van der Waals surface area contributed by atoms with Gasteiger partial charge in [0.2, 0.25) is 0 Å². The minimum Gasteiger partial charge on any atom is -0.349 e. The van der Waals surface area contributed by atoms with Crippen molar-refractivity contribution >= 4 is 5.71 Å². The van der Waals surface area contributed by atoms with Gasteiger partial charge >= 0.3 is 0 Å². The number of likely N-dealkylation sites (N-methyl/N-ethyl adjacent to an activating group) is 1. The third-order valence-corrected chi connectivity index (χ3v) is 2.90. The molecule has 0 aromatic carbocycles. The largest absolute Gasteiger partial charge is 0.349 e. The molecular weight excluding hydrogens is 220 g/mol. The Morgan fingerprint density at radius 3 is 2.89 bits per heavy atom. The molecule has 1 aliphatic heterocycles. The second kappa shape index (κ2) is 6.66. The zero-order valence-corrected chi connectivity index (χ0v) is 11.4. The molecule has 0 bridgehead atoms. The highest BCUT2D eigenvalue weighted by atomic mass is 15.2. The van der Waals surface area contributed by atoms with Gasteiger partial charge in [0.15, 0.2) is 0 Å². The summed E-state index contributed by atoms with van der Waals surface area (Å²) in [5.74, 6) is 6.64. The molecule has 0 aliphatic carbocycles. The fourth-order valence-corrected chi connectivity index (χ4v) is 1.71. The molecular formula is C16H20N2. The van der Waals surface area contributed by atoms with Crippen LogP contribution in [0.5, 0.6) is 0 Å². The van der Waals surface area contributed by atoms with Crippen LogP contribution in [0, 0.1) is 11.8 Å². The fourth-order valence-electron chi connectivity index (χ4n) is 1.71. The predicted octanol–water partition coefficient (Wildman–Crippen LogP) is 3.31. The highest BCUT2D eigenvalue weighted by molar-refractivity contribution is 6.04. The first-order chi connectivity index (χ1) is 8.63. The van der Waals surface area contributed by atoms with Gasteiger partial charge in [0.25, 0.3) is 0 Å². The van der Waals surface area contributed by atoms with Gasteiger partial charge in [-0.1, -0.05) is 37.7 Å². The van der Waals surface area contributed by atoms with Crippen LogP contribution in [0.4, 0.5) is 0 Å². The first-order valence-corrected chi connectivity index (χ1v) is 6.06. The molecule has 0 fully saturated rings. The summed E-state index contributed by atoms with van der Waals surface area (Å²) in [5, 5.41) is 0. The Bertz CT molecular complexity index is 481. The highest BCUT2D eigenvalue weighted by Crippen LogP contribution is 2.20. The summed E-state index contributed by atoms with van der Waals surface area (Å²) in [5.41, 5.74) is 2.00. The highest BCUT2D eigenvalue weighted by Gasteiger charge is 2.18. The van der Waals surface area contributed by atoms with Crippen LogP contribution >= 0.6 is 0 Å². The minimum atomic E-state index is 0.154. The van der Waals surface area contributed by atoms with Crippen LogP contribution in [-0.2, 0) is 0 Å². The van der Waals surface area contributed by atoms with Crippen LogP contribution in [0.2, 0.25) is 0 Å². The fraction of sp³-hybridized carbons (Fsp3) is 0.312. The Morgan fingerprint density at radius 1 is 1.61 bits per heavy atom. The van der Waals surface area contributed by atoms with Crippen molar-refractivity contribution in [1.29, 1.82) is 0 Å². The number of nitrogens with zero attached hydrogens (tertiary/aromatic N) is 2. The molecule has 2 nitrogen and oxygen atoms in total. The van der Waals surface area contributed by atoms with E-state index in [1.807, 2.05) is 26.1 Å². The second-order valence-corrected chi connectivity index (χ2v) is 4.06. The second-order valence-electron chi connectivity index (χ2n) is 4.06. The van der Waals surface area contributed by atoms with Gasteiger partial charge in [-0.3, -0.25) is 0 Å². The third-order valence-electron chi connectivity index (χ3n) is 2.90. The van der Waals surface area contributed by atoms with Crippen molar-refractivity contribution in [3.63, 3.8) is 0 Å². The predicted molar refractivity (Wildman–Crippen MR) is 79.3 cm³/mol. The topological polar surface area (TPSA) is 15.6 Å². The molecule has 0 aromatic heterocycles. The molecule has 1 aliphatic rings. The third kappa shape index (κ3) is 3.24. The van der Waals surface area contributed by atoms with Crippen molar-refractivity contribution in [3.05, 3.63) is 48.9 Å². The van der Waals surface area contributed by atoms with Crippen LogP contribution in [0.15, 0.2) is 53.8 Å². The molecule has 0 aromatic rings. The Hall–Kier alpha value is -2.01. The molecule has 2 heteroatoms. The normalized spacial score (nSPS) is 20.8. The van der Waals surface area contributed by atoms with Gasteiger partial charge in [-0.05, 0) is 25.5 Å². The zero-order valence-electron chi connectivity index (χ0n) is 11.4. The summed E-state index contributed by atoms with van der Waals surface area (Å²) in [6, 6.07) is 0.154. The van der Waals surface area contributed by atoms with Crippen LogP contribution in [0.1, 0.15) is 20.3 Å². The van der Waals surface area contributed by atoms with Crippen LogP contribution in [0.25, 0.3) is 0 Å². The molecule has 1 atom stereocenters. The maximum atomic E-state index is 4.53. The molecule has 94 valence electrons. The smallest absolute Gasteiger partial charge is 0.138 e. The molecule has 18 heavy (non-hydrogen) atoms. The van der Waals surface area contributed by atoms with Gasteiger partial charge in [0, 0.05) is 13.1 Å². The zero-order chi connectivity index (χ0) is 13.5. The van der Waals surface area contributed by atoms with E-state index in [1.54, 1.807) is 6.08 Å². The van der Waals surface area contributed by atoms with E-state index in [-0.39, 0.29) is 6.04 Å². The van der Waals surface area contributed by atoms with Crippen molar-refractivity contribution < 1.29 is 0 Å². The molecule has 0 saturated carbocycles. The number of allylic oxidation sites excluding steroid dienone is 3. The van der Waals surface area contributed by atoms with Crippen molar-refractivity contribution in [3.8, 4) is 11.8 Å². The minimum absolute atomic E-state index is 0.154. The van der Waals surface area contributed by atoms with Gasteiger partial charge in [0.1, 0.15) is 5.82 Å². The Kier molecular flexibility index (Phi) is 5.20. The summed E-state index contributed by atoms with van der Waals surface area (Å²) in [6.07, 6.45) is 8.60. The monoisotopic (exact) mass is 240 g/mol. The summed E-state index contributed by atoms with van der Waals surface area (Å²) < 4.78 is 0. The SMILES string of the molecule is C=CC1=N/C(=C/C#CC)N(C)C(C(=C)CC)C=C1. The average molecular weight is 240 g/mol. The molecule has 1 unspecified atom stereocenters. The summed E-state index contributed by atoms with van der Waals surface area (Å²) >= 11 is 0. The Labute approximate surface area is 110 Å². The van der Waals surface area contributed by atoms with Gasteiger partial charge in [-0.25, -0.2) is 4.99 Å². The van der Waals surface area contributed by atoms with Gasteiger partial charge in [-0.2, -0.15) is 0 Å². The number of hydrogen-bond acceptors (Lipinski definition) is 2. The van der Waals surface area contributed by atoms with Crippen molar-refractivity contribution in [2.45, 2.75) is 26.3 Å². The van der Waals surface area contributed by atoms with E-state index in [0.717, 1.165) is 23.5 Å². The van der Waals surface area contributed by atoms with E-state index in [9.17, 15) is 0 Å². The Balaban J connectivity index is 3.19. The number of aliphatic imine (C=N–C) groups is 1. The lowest BCUT2D eigenvalue weighted by Gasteiger charge is -2.27. The van der Waals surface area contributed by atoms with E-state index >= 15 is 0 Å². The Morgan fingerprint density at radius 2 is 2.33 bits per heavy atom. The summed E-state index contributed by atoms with van der Waals surface area (Å²) in [7, 11) is 2.01. The first-order valence-electron chi connectivity index (χ1n) is 6.06. The van der Waals surface area contributed by atoms with E-state index in [2.05, 4.69) is 47.9 Å². The van der Waals surface area contributed by atoms with E-state index in [0.29, 0.717) is 0 Å². The van der Waals surface area contributed by atoms with E-state index in [1.165, 1.54) is 0 Å². The van der Waals surface area contributed by atoms with Crippen LogP contribution in [-0.4, -0.2) is 23.7 Å². The van der Waals surface area contributed by atoms with Crippen molar-refractivity contribution in [2.75, 3.05) is 7.05 Å². The van der Waals surface area contributed by atoms with Crippen LogP contribution < -0.4 is 0 Å². The lowest BCUT2D eigenvalue weighted by molar-refractivity contribution is 0.382. The molecule has 0 spiro atoms. The maximum Gasteiger partial charge on any atom is 0.138 e. The van der Waals surface area contributed by atoms with E-state index in [4.69, 9.17) is 0 Å². The molecule has 0 N–H and O–H groups in total. The summed E-state index contributed by atoms with van der Waals surface area (Å²) in [4.78, 5) is 6.62. The molecule has 0 radical (unpaired) electrons. The lowest BCUT2D eigenvalue weighted by Crippen LogP contribution is -2.29. The van der Waals surface area contributed by atoms with Crippen molar-refractivity contribution in [1.82, 2.24) is 4.90 Å². The standard InChI is InChI=1S/C16H20N2/c1-6-9-10-16-17-14(8-3)11-12-15(18(16)5)13(4)7-2/h8,10-12,15H,3-4,7H2,1-2,5H3/b16-10-.